The molecule has 0 spiro atoms. The first-order valence-corrected chi connectivity index (χ1v) is 8.76. The molecule has 0 unspecified atom stereocenters. The number of carbonyl (C=O) groups is 1. The van der Waals surface area contributed by atoms with Gasteiger partial charge in [0.15, 0.2) is 0 Å². The highest BCUT2D eigenvalue weighted by Crippen LogP contribution is 2.30. The predicted molar refractivity (Wildman–Crippen MR) is 111 cm³/mol. The number of rotatable bonds is 4. The zero-order valence-corrected chi connectivity index (χ0v) is 15.4. The Bertz CT molecular complexity index is 1220. The van der Waals surface area contributed by atoms with Gasteiger partial charge in [0.2, 0.25) is 5.91 Å². The van der Waals surface area contributed by atoms with Gasteiger partial charge in [-0.05, 0) is 29.2 Å². The van der Waals surface area contributed by atoms with Gasteiger partial charge in [0, 0.05) is 17.9 Å². The molecular formula is C19H17BN6O3. The second-order valence-electron chi connectivity index (χ2n) is 6.54. The van der Waals surface area contributed by atoms with Crippen molar-refractivity contribution in [3.05, 3.63) is 55.0 Å². The lowest BCUT2D eigenvalue weighted by Gasteiger charge is -2.13. The lowest BCUT2D eigenvalue weighted by Crippen LogP contribution is -2.30. The quantitative estimate of drug-likeness (QED) is 0.378. The fourth-order valence-electron chi connectivity index (χ4n) is 3.12. The van der Waals surface area contributed by atoms with Crippen LogP contribution < -0.4 is 16.5 Å². The third-order valence-corrected chi connectivity index (χ3v) is 4.45. The standard InChI is InChI=1S/C19H17BN6O3/c1-11(27)24-14-8-23-26(10-14)19-5-3-13(20(28)29)7-16(19)12-2-4-15-17(21)9-22-25-18(15)6-12/h2-10,28-29H,1H3,(H2,21,25)(H,24,27). The smallest absolute Gasteiger partial charge is 0.423 e. The molecule has 0 atom stereocenters. The zero-order valence-electron chi connectivity index (χ0n) is 15.4. The number of nitrogens with zero attached hydrogens (tertiary/aromatic N) is 4. The topological polar surface area (TPSA) is 139 Å². The van der Waals surface area contributed by atoms with Crippen molar-refractivity contribution in [2.75, 3.05) is 11.1 Å². The van der Waals surface area contributed by atoms with Gasteiger partial charge in [-0.15, -0.1) is 0 Å². The number of hydrogen-bond donors (Lipinski definition) is 4. The van der Waals surface area contributed by atoms with Crippen molar-refractivity contribution in [2.45, 2.75) is 6.92 Å². The average Bonchev–Trinajstić information content (AvgIpc) is 3.15. The van der Waals surface area contributed by atoms with E-state index in [0.29, 0.717) is 33.6 Å². The minimum Gasteiger partial charge on any atom is -0.423 e. The molecule has 1 amide bonds. The van der Waals surface area contributed by atoms with Crippen LogP contribution in [-0.2, 0) is 4.79 Å². The summed E-state index contributed by atoms with van der Waals surface area (Å²) in [5.41, 5.74) is 10.1. The summed E-state index contributed by atoms with van der Waals surface area (Å²) < 4.78 is 1.60. The first-order valence-electron chi connectivity index (χ1n) is 8.76. The monoisotopic (exact) mass is 388 g/mol. The van der Waals surface area contributed by atoms with Crippen molar-refractivity contribution in [1.29, 1.82) is 0 Å². The van der Waals surface area contributed by atoms with E-state index in [1.807, 2.05) is 18.2 Å². The third-order valence-electron chi connectivity index (χ3n) is 4.45. The van der Waals surface area contributed by atoms with Crippen molar-refractivity contribution in [1.82, 2.24) is 20.0 Å². The van der Waals surface area contributed by atoms with Crippen molar-refractivity contribution < 1.29 is 14.8 Å². The van der Waals surface area contributed by atoms with Crippen LogP contribution in [0.15, 0.2) is 55.0 Å². The Balaban J connectivity index is 1.88. The number of nitrogen functional groups attached to an aromatic ring is 1. The molecule has 10 heteroatoms. The summed E-state index contributed by atoms with van der Waals surface area (Å²) in [6.07, 6.45) is 4.70. The Kier molecular flexibility index (Phi) is 4.71. The molecule has 0 saturated carbocycles. The van der Waals surface area contributed by atoms with Crippen LogP contribution in [0.1, 0.15) is 6.92 Å². The number of benzene rings is 2. The number of hydrogen-bond acceptors (Lipinski definition) is 7. The fraction of sp³-hybridized carbons (Fsp3) is 0.0526. The van der Waals surface area contributed by atoms with E-state index in [1.54, 1.807) is 29.1 Å². The molecule has 2 aromatic heterocycles. The average molecular weight is 388 g/mol. The number of carbonyl (C=O) groups excluding carboxylic acids is 1. The second-order valence-corrected chi connectivity index (χ2v) is 6.54. The summed E-state index contributed by atoms with van der Waals surface area (Å²) in [6, 6.07) is 10.5. The van der Waals surface area contributed by atoms with E-state index < -0.39 is 7.12 Å². The van der Waals surface area contributed by atoms with Gasteiger partial charge in [-0.1, -0.05) is 18.2 Å². The lowest BCUT2D eigenvalue weighted by atomic mass is 9.78. The van der Waals surface area contributed by atoms with Crippen LogP contribution in [0.25, 0.3) is 27.7 Å². The van der Waals surface area contributed by atoms with Gasteiger partial charge in [0.25, 0.3) is 0 Å². The first kappa shape index (κ1) is 18.6. The minimum absolute atomic E-state index is 0.200. The Morgan fingerprint density at radius 2 is 2.00 bits per heavy atom. The molecule has 0 fully saturated rings. The highest BCUT2D eigenvalue weighted by atomic mass is 16.4. The third kappa shape index (κ3) is 3.66. The van der Waals surface area contributed by atoms with E-state index in [0.717, 1.165) is 10.9 Å². The second kappa shape index (κ2) is 7.34. The van der Waals surface area contributed by atoms with E-state index in [-0.39, 0.29) is 5.91 Å². The largest absolute Gasteiger partial charge is 0.488 e. The number of anilines is 2. The van der Waals surface area contributed by atoms with E-state index >= 15 is 0 Å². The molecule has 29 heavy (non-hydrogen) atoms. The molecule has 0 saturated heterocycles. The summed E-state index contributed by atoms with van der Waals surface area (Å²) in [7, 11) is -1.62. The normalized spacial score (nSPS) is 10.9. The molecule has 2 heterocycles. The van der Waals surface area contributed by atoms with Crippen molar-refractivity contribution in [3.8, 4) is 16.8 Å². The Morgan fingerprint density at radius 1 is 1.17 bits per heavy atom. The molecule has 0 aliphatic heterocycles. The van der Waals surface area contributed by atoms with Gasteiger partial charge in [0.1, 0.15) is 0 Å². The molecule has 4 aromatic rings. The van der Waals surface area contributed by atoms with Gasteiger partial charge < -0.3 is 21.1 Å². The Hall–Kier alpha value is -3.76. The SMILES string of the molecule is CC(=O)Nc1cnn(-c2ccc(B(O)O)cc2-c2ccc3c(N)cnnc3c2)c1. The number of nitrogens with two attached hydrogens (primary N) is 1. The van der Waals surface area contributed by atoms with E-state index in [4.69, 9.17) is 5.73 Å². The van der Waals surface area contributed by atoms with E-state index in [9.17, 15) is 14.8 Å². The molecule has 9 nitrogen and oxygen atoms in total. The van der Waals surface area contributed by atoms with Gasteiger partial charge in [-0.25, -0.2) is 4.68 Å². The van der Waals surface area contributed by atoms with Crippen LogP contribution in [-0.4, -0.2) is 43.1 Å². The van der Waals surface area contributed by atoms with Gasteiger partial charge >= 0.3 is 7.12 Å². The lowest BCUT2D eigenvalue weighted by molar-refractivity contribution is -0.114. The molecule has 0 bridgehead atoms. The highest BCUT2D eigenvalue weighted by Gasteiger charge is 2.17. The predicted octanol–water partition coefficient (Wildman–Crippen LogP) is 0.703. The molecule has 0 aliphatic rings. The highest BCUT2D eigenvalue weighted by molar-refractivity contribution is 6.58. The molecule has 0 radical (unpaired) electrons. The van der Waals surface area contributed by atoms with Crippen LogP contribution in [0.4, 0.5) is 11.4 Å². The van der Waals surface area contributed by atoms with Crippen molar-refractivity contribution in [3.63, 3.8) is 0 Å². The minimum atomic E-state index is -1.62. The summed E-state index contributed by atoms with van der Waals surface area (Å²) >= 11 is 0. The van der Waals surface area contributed by atoms with Crippen LogP contribution in [0.2, 0.25) is 0 Å². The molecule has 5 N–H and O–H groups in total. The van der Waals surface area contributed by atoms with Crippen LogP contribution in [0.3, 0.4) is 0 Å². The Labute approximate surface area is 166 Å². The zero-order chi connectivity index (χ0) is 20.5. The van der Waals surface area contributed by atoms with E-state index in [1.165, 1.54) is 19.3 Å². The maximum atomic E-state index is 11.3. The summed E-state index contributed by atoms with van der Waals surface area (Å²) in [5.74, 6) is -0.200. The molecule has 0 aliphatic carbocycles. The van der Waals surface area contributed by atoms with Gasteiger partial charge in [-0.2, -0.15) is 15.3 Å². The number of nitrogens with one attached hydrogen (secondary N) is 1. The van der Waals surface area contributed by atoms with E-state index in [2.05, 4.69) is 20.6 Å². The van der Waals surface area contributed by atoms with Crippen LogP contribution in [0.5, 0.6) is 0 Å². The number of amides is 1. The summed E-state index contributed by atoms with van der Waals surface area (Å²) in [4.78, 5) is 11.3. The van der Waals surface area contributed by atoms with Gasteiger partial charge in [0.05, 0.1) is 41.2 Å². The number of fused-ring (bicyclic) bond motifs is 1. The fourth-order valence-corrected chi connectivity index (χ4v) is 3.12. The number of aromatic nitrogens is 4. The maximum Gasteiger partial charge on any atom is 0.488 e. The molecule has 144 valence electrons. The first-order chi connectivity index (χ1) is 13.9. The van der Waals surface area contributed by atoms with Gasteiger partial charge in [-0.3, -0.25) is 4.79 Å². The van der Waals surface area contributed by atoms with Crippen LogP contribution >= 0.6 is 0 Å². The van der Waals surface area contributed by atoms with Crippen LogP contribution in [0, 0.1) is 0 Å². The van der Waals surface area contributed by atoms with Crippen molar-refractivity contribution >= 4 is 40.8 Å². The molecule has 4 rings (SSSR count). The summed E-state index contributed by atoms with van der Waals surface area (Å²) in [6.45, 7) is 1.42. The van der Waals surface area contributed by atoms with Crippen molar-refractivity contribution in [2.24, 2.45) is 0 Å². The Morgan fingerprint density at radius 3 is 2.76 bits per heavy atom. The maximum absolute atomic E-state index is 11.3. The summed E-state index contributed by atoms with van der Waals surface area (Å²) in [5, 5.41) is 35.0. The molecule has 2 aromatic carbocycles. The molecular weight excluding hydrogens is 371 g/mol.